The van der Waals surface area contributed by atoms with Crippen LogP contribution in [0.15, 0.2) is 59.5 Å². The van der Waals surface area contributed by atoms with E-state index >= 15 is 0 Å². The highest BCUT2D eigenvalue weighted by Gasteiger charge is 2.40. The zero-order chi connectivity index (χ0) is 24.2. The Bertz CT molecular complexity index is 1180. The molecule has 1 heterocycles. The third-order valence-corrected chi connectivity index (χ3v) is 6.60. The second kappa shape index (κ2) is 9.92. The molecule has 0 bridgehead atoms. The molecule has 0 aliphatic carbocycles. The van der Waals surface area contributed by atoms with Crippen LogP contribution in [0.5, 0.6) is 0 Å². The minimum atomic E-state index is -4.24. The SMILES string of the molecule is CC(=O)NC(NS(=O)(=O)c1ccccc1)C(=O)C(CC(=O)O)N1CCc2ccccc2C1=O. The van der Waals surface area contributed by atoms with E-state index in [-0.39, 0.29) is 11.4 Å². The zero-order valence-electron chi connectivity index (χ0n) is 17.7. The van der Waals surface area contributed by atoms with Crippen molar-refractivity contribution in [3.63, 3.8) is 0 Å². The van der Waals surface area contributed by atoms with Crippen LogP contribution in [0.25, 0.3) is 0 Å². The third-order valence-electron chi connectivity index (χ3n) is 5.16. The fourth-order valence-electron chi connectivity index (χ4n) is 3.65. The largest absolute Gasteiger partial charge is 0.481 e. The molecule has 2 aromatic rings. The van der Waals surface area contributed by atoms with Gasteiger partial charge in [-0.25, -0.2) is 8.42 Å². The molecular formula is C22H23N3O7S. The Hall–Kier alpha value is -3.57. The summed E-state index contributed by atoms with van der Waals surface area (Å²) >= 11 is 0. The van der Waals surface area contributed by atoms with Gasteiger partial charge >= 0.3 is 5.97 Å². The van der Waals surface area contributed by atoms with Crippen LogP contribution in [0.1, 0.15) is 29.3 Å². The molecule has 2 unspecified atom stereocenters. The molecule has 3 rings (SSSR count). The Morgan fingerprint density at radius 2 is 1.70 bits per heavy atom. The molecule has 10 nitrogen and oxygen atoms in total. The van der Waals surface area contributed by atoms with E-state index in [0.29, 0.717) is 12.0 Å². The summed E-state index contributed by atoms with van der Waals surface area (Å²) in [6, 6.07) is 12.5. The minimum Gasteiger partial charge on any atom is -0.481 e. The summed E-state index contributed by atoms with van der Waals surface area (Å²) in [7, 11) is -4.24. The first kappa shape index (κ1) is 24.1. The smallest absolute Gasteiger partial charge is 0.305 e. The highest BCUT2D eigenvalue weighted by Crippen LogP contribution is 2.23. The van der Waals surface area contributed by atoms with E-state index in [0.717, 1.165) is 17.4 Å². The molecule has 0 radical (unpaired) electrons. The number of rotatable bonds is 9. The molecule has 1 aliphatic heterocycles. The number of amides is 2. The summed E-state index contributed by atoms with van der Waals surface area (Å²) in [6.45, 7) is 1.16. The molecule has 2 aromatic carbocycles. The number of hydrogen-bond donors (Lipinski definition) is 3. The average molecular weight is 474 g/mol. The van der Waals surface area contributed by atoms with Gasteiger partial charge in [-0.3, -0.25) is 19.2 Å². The lowest BCUT2D eigenvalue weighted by atomic mass is 9.95. The summed E-state index contributed by atoms with van der Waals surface area (Å²) in [4.78, 5) is 50.7. The van der Waals surface area contributed by atoms with Gasteiger partial charge in [-0.2, -0.15) is 4.72 Å². The van der Waals surface area contributed by atoms with Crippen LogP contribution in [-0.4, -0.2) is 60.7 Å². The lowest BCUT2D eigenvalue weighted by Gasteiger charge is -2.35. The Morgan fingerprint density at radius 3 is 2.33 bits per heavy atom. The van der Waals surface area contributed by atoms with Crippen molar-refractivity contribution in [3.05, 3.63) is 65.7 Å². The third kappa shape index (κ3) is 5.62. The number of nitrogens with one attached hydrogen (secondary N) is 2. The Balaban J connectivity index is 1.94. The summed E-state index contributed by atoms with van der Waals surface area (Å²) in [5.74, 6) is -3.57. The van der Waals surface area contributed by atoms with Gasteiger partial charge in [0.2, 0.25) is 15.9 Å². The first-order chi connectivity index (χ1) is 15.6. The quantitative estimate of drug-likeness (QED) is 0.450. The molecule has 0 saturated carbocycles. The number of aliphatic carboxylic acids is 1. The van der Waals surface area contributed by atoms with Gasteiger partial charge in [0.25, 0.3) is 5.91 Å². The highest BCUT2D eigenvalue weighted by atomic mass is 32.2. The predicted molar refractivity (Wildman–Crippen MR) is 117 cm³/mol. The van der Waals surface area contributed by atoms with Crippen LogP contribution in [0, 0.1) is 0 Å². The molecule has 2 amide bonds. The summed E-state index contributed by atoms with van der Waals surface area (Å²) in [5.41, 5.74) is 1.11. The second-order valence-electron chi connectivity index (χ2n) is 7.49. The van der Waals surface area contributed by atoms with E-state index in [1.807, 2.05) is 0 Å². The van der Waals surface area contributed by atoms with Crippen molar-refractivity contribution in [1.29, 1.82) is 0 Å². The molecule has 2 atom stereocenters. The number of Topliss-reactive ketones (excluding diaryl/α,β-unsaturated/α-hetero) is 1. The van der Waals surface area contributed by atoms with Crippen LogP contribution in [-0.2, 0) is 30.8 Å². The number of carboxylic acid groups (broad SMARTS) is 1. The Labute approximate surface area is 190 Å². The zero-order valence-corrected chi connectivity index (χ0v) is 18.5. The highest BCUT2D eigenvalue weighted by molar-refractivity contribution is 7.89. The van der Waals surface area contributed by atoms with Crippen LogP contribution in [0.4, 0.5) is 0 Å². The number of fused-ring (bicyclic) bond motifs is 1. The van der Waals surface area contributed by atoms with E-state index in [2.05, 4.69) is 10.0 Å². The maximum absolute atomic E-state index is 13.4. The monoisotopic (exact) mass is 473 g/mol. The van der Waals surface area contributed by atoms with Gasteiger partial charge in [0.1, 0.15) is 6.04 Å². The van der Waals surface area contributed by atoms with Gasteiger partial charge in [0.15, 0.2) is 11.9 Å². The summed E-state index contributed by atoms with van der Waals surface area (Å²) < 4.78 is 27.7. The molecule has 0 fully saturated rings. The van der Waals surface area contributed by atoms with Crippen molar-refractivity contribution < 1.29 is 32.7 Å². The number of nitrogens with zero attached hydrogens (tertiary/aromatic N) is 1. The van der Waals surface area contributed by atoms with Crippen LogP contribution in [0.3, 0.4) is 0 Å². The topological polar surface area (TPSA) is 150 Å². The van der Waals surface area contributed by atoms with Gasteiger partial charge < -0.3 is 15.3 Å². The van der Waals surface area contributed by atoms with Crippen molar-refractivity contribution in [2.45, 2.75) is 36.9 Å². The van der Waals surface area contributed by atoms with E-state index in [9.17, 15) is 32.7 Å². The van der Waals surface area contributed by atoms with Crippen LogP contribution >= 0.6 is 0 Å². The number of carboxylic acids is 1. The summed E-state index contributed by atoms with van der Waals surface area (Å²) in [5, 5.41) is 11.6. The van der Waals surface area contributed by atoms with Gasteiger partial charge in [-0.15, -0.1) is 0 Å². The second-order valence-corrected chi connectivity index (χ2v) is 9.20. The molecule has 1 aliphatic rings. The first-order valence-electron chi connectivity index (χ1n) is 10.1. The van der Waals surface area contributed by atoms with Crippen LogP contribution < -0.4 is 10.0 Å². The normalized spacial score (nSPS) is 15.3. The fourth-order valence-corrected chi connectivity index (χ4v) is 4.79. The molecule has 11 heteroatoms. The van der Waals surface area contributed by atoms with E-state index in [1.54, 1.807) is 30.3 Å². The minimum absolute atomic E-state index is 0.0672. The fraction of sp³-hybridized carbons (Fsp3) is 0.273. The number of benzene rings is 2. The van der Waals surface area contributed by atoms with E-state index in [1.165, 1.54) is 24.3 Å². The molecule has 0 spiro atoms. The molecule has 3 N–H and O–H groups in total. The van der Waals surface area contributed by atoms with Crippen LogP contribution in [0.2, 0.25) is 0 Å². The van der Waals surface area contributed by atoms with Crippen molar-refractivity contribution in [1.82, 2.24) is 14.9 Å². The lowest BCUT2D eigenvalue weighted by molar-refractivity contribution is -0.141. The van der Waals surface area contributed by atoms with E-state index in [4.69, 9.17) is 0 Å². The Kier molecular flexibility index (Phi) is 7.24. The number of sulfonamides is 1. The van der Waals surface area contributed by atoms with Gasteiger partial charge in [0.05, 0.1) is 11.3 Å². The van der Waals surface area contributed by atoms with Gasteiger partial charge in [-0.1, -0.05) is 36.4 Å². The predicted octanol–water partition coefficient (Wildman–Crippen LogP) is 0.538. The van der Waals surface area contributed by atoms with E-state index < -0.39 is 52.2 Å². The lowest BCUT2D eigenvalue weighted by Crippen LogP contribution is -2.60. The number of carbonyl (C=O) groups excluding carboxylic acids is 3. The molecule has 33 heavy (non-hydrogen) atoms. The molecular weight excluding hydrogens is 450 g/mol. The first-order valence-corrected chi connectivity index (χ1v) is 11.6. The maximum Gasteiger partial charge on any atom is 0.305 e. The molecule has 0 aromatic heterocycles. The van der Waals surface area contributed by atoms with Gasteiger partial charge in [-0.05, 0) is 30.2 Å². The summed E-state index contributed by atoms with van der Waals surface area (Å²) in [6.07, 6.45) is -2.14. The van der Waals surface area contributed by atoms with Crippen molar-refractivity contribution in [2.75, 3.05) is 6.54 Å². The van der Waals surface area contributed by atoms with Crippen molar-refractivity contribution in [3.8, 4) is 0 Å². The molecule has 0 saturated heterocycles. The van der Waals surface area contributed by atoms with Gasteiger partial charge in [0, 0.05) is 19.0 Å². The standard InChI is InChI=1S/C22H23N3O7S/c1-14(26)23-21(24-33(31,32)16-8-3-2-4-9-16)20(29)18(13-19(27)28)25-12-11-15-7-5-6-10-17(15)22(25)30/h2-10,18,21,24H,11-13H2,1H3,(H,23,26)(H,27,28). The Morgan fingerprint density at radius 1 is 1.06 bits per heavy atom. The number of carbonyl (C=O) groups is 4. The maximum atomic E-state index is 13.4. The molecule has 174 valence electrons. The number of hydrogen-bond acceptors (Lipinski definition) is 6. The average Bonchev–Trinajstić information content (AvgIpc) is 2.77. The van der Waals surface area contributed by atoms with Crippen molar-refractivity contribution >= 4 is 33.6 Å². The number of ketones is 1. The van der Waals surface area contributed by atoms with Crippen molar-refractivity contribution in [2.24, 2.45) is 0 Å².